The summed E-state index contributed by atoms with van der Waals surface area (Å²) in [5, 5.41) is 2.84. The van der Waals surface area contributed by atoms with Crippen LogP contribution in [0.5, 0.6) is 11.5 Å². The summed E-state index contributed by atoms with van der Waals surface area (Å²) in [6.07, 6.45) is 5.16. The zero-order chi connectivity index (χ0) is 16.7. The van der Waals surface area contributed by atoms with Gasteiger partial charge < -0.3 is 14.8 Å². The third-order valence-electron chi connectivity index (χ3n) is 3.15. The standard InChI is InChI=1S/C19H19NO3/c1-4-11-23-17-8-6-7-16(13-17)20-19(21)15-9-10-18(22-5-2)14(3)12-15/h1,6-10,12-13H,5,11H2,2-3H3,(H,20,21). The van der Waals surface area contributed by atoms with E-state index in [1.807, 2.05) is 13.8 Å². The van der Waals surface area contributed by atoms with Crippen molar-refractivity contribution >= 4 is 11.6 Å². The molecule has 4 nitrogen and oxygen atoms in total. The highest BCUT2D eigenvalue weighted by Gasteiger charge is 2.09. The molecule has 0 radical (unpaired) electrons. The highest BCUT2D eigenvalue weighted by molar-refractivity contribution is 6.04. The summed E-state index contributed by atoms with van der Waals surface area (Å²) in [6, 6.07) is 12.5. The van der Waals surface area contributed by atoms with Crippen molar-refractivity contribution in [3.05, 3.63) is 53.6 Å². The first-order valence-corrected chi connectivity index (χ1v) is 7.35. The maximum atomic E-state index is 12.3. The first-order chi connectivity index (χ1) is 11.1. The van der Waals surface area contributed by atoms with Crippen LogP contribution in [0.3, 0.4) is 0 Å². The molecule has 0 aliphatic heterocycles. The molecule has 118 valence electrons. The van der Waals surface area contributed by atoms with Gasteiger partial charge in [0.05, 0.1) is 6.61 Å². The second-order valence-electron chi connectivity index (χ2n) is 4.89. The number of amides is 1. The largest absolute Gasteiger partial charge is 0.494 e. The van der Waals surface area contributed by atoms with E-state index in [-0.39, 0.29) is 12.5 Å². The smallest absolute Gasteiger partial charge is 0.255 e. The van der Waals surface area contributed by atoms with Crippen molar-refractivity contribution in [3.63, 3.8) is 0 Å². The molecule has 0 saturated heterocycles. The van der Waals surface area contributed by atoms with Crippen molar-refractivity contribution in [3.8, 4) is 23.8 Å². The summed E-state index contributed by atoms with van der Waals surface area (Å²) in [6.45, 7) is 4.62. The van der Waals surface area contributed by atoms with Gasteiger partial charge in [0.25, 0.3) is 5.91 Å². The molecule has 2 aromatic carbocycles. The average Bonchev–Trinajstić information content (AvgIpc) is 2.55. The fourth-order valence-corrected chi connectivity index (χ4v) is 2.10. The predicted octanol–water partition coefficient (Wildman–Crippen LogP) is 3.66. The molecule has 0 aromatic heterocycles. The van der Waals surface area contributed by atoms with Gasteiger partial charge in [0.1, 0.15) is 18.1 Å². The third-order valence-corrected chi connectivity index (χ3v) is 3.15. The van der Waals surface area contributed by atoms with Gasteiger partial charge in [0.2, 0.25) is 0 Å². The van der Waals surface area contributed by atoms with Crippen molar-refractivity contribution in [2.45, 2.75) is 13.8 Å². The van der Waals surface area contributed by atoms with E-state index in [0.717, 1.165) is 11.3 Å². The Morgan fingerprint density at radius 2 is 2.04 bits per heavy atom. The van der Waals surface area contributed by atoms with Gasteiger partial charge in [-0.05, 0) is 49.7 Å². The molecule has 0 heterocycles. The van der Waals surface area contributed by atoms with Crippen LogP contribution in [0.1, 0.15) is 22.8 Å². The molecule has 0 aliphatic rings. The maximum Gasteiger partial charge on any atom is 0.255 e. The molecule has 0 spiro atoms. The lowest BCUT2D eigenvalue weighted by Crippen LogP contribution is -2.12. The monoisotopic (exact) mass is 309 g/mol. The number of terminal acetylenes is 1. The number of rotatable bonds is 6. The molecule has 0 fully saturated rings. The second-order valence-corrected chi connectivity index (χ2v) is 4.89. The quantitative estimate of drug-likeness (QED) is 0.828. The van der Waals surface area contributed by atoms with E-state index < -0.39 is 0 Å². The molecule has 0 bridgehead atoms. The molecule has 4 heteroatoms. The molecular formula is C19H19NO3. The van der Waals surface area contributed by atoms with Crippen molar-refractivity contribution < 1.29 is 14.3 Å². The van der Waals surface area contributed by atoms with E-state index in [2.05, 4.69) is 11.2 Å². The molecule has 0 atom stereocenters. The van der Waals surface area contributed by atoms with Gasteiger partial charge in [0.15, 0.2) is 0 Å². The number of carbonyl (C=O) groups is 1. The fraction of sp³-hybridized carbons (Fsp3) is 0.211. The summed E-state index contributed by atoms with van der Waals surface area (Å²) in [5.41, 5.74) is 2.14. The van der Waals surface area contributed by atoms with E-state index in [1.165, 1.54) is 0 Å². The van der Waals surface area contributed by atoms with Crippen molar-refractivity contribution in [1.82, 2.24) is 0 Å². The van der Waals surface area contributed by atoms with Crippen LogP contribution in [0.25, 0.3) is 0 Å². The van der Waals surface area contributed by atoms with Crippen molar-refractivity contribution in [2.24, 2.45) is 0 Å². The predicted molar refractivity (Wildman–Crippen MR) is 91.1 cm³/mol. The molecule has 1 amide bonds. The minimum Gasteiger partial charge on any atom is -0.494 e. The number of carbonyl (C=O) groups excluding carboxylic acids is 1. The van der Waals surface area contributed by atoms with Gasteiger partial charge in [-0.15, -0.1) is 6.42 Å². The Morgan fingerprint density at radius 3 is 2.74 bits per heavy atom. The summed E-state index contributed by atoms with van der Waals surface area (Å²) in [4.78, 5) is 12.3. The Morgan fingerprint density at radius 1 is 1.22 bits per heavy atom. The number of hydrogen-bond acceptors (Lipinski definition) is 3. The van der Waals surface area contributed by atoms with Crippen molar-refractivity contribution in [1.29, 1.82) is 0 Å². The molecule has 2 rings (SSSR count). The minimum atomic E-state index is -0.190. The first-order valence-electron chi connectivity index (χ1n) is 7.35. The molecular weight excluding hydrogens is 290 g/mol. The normalized spacial score (nSPS) is 9.78. The van der Waals surface area contributed by atoms with Crippen LogP contribution in [0.4, 0.5) is 5.69 Å². The Labute approximate surface area is 136 Å². The van der Waals surface area contributed by atoms with E-state index in [0.29, 0.717) is 23.6 Å². The van der Waals surface area contributed by atoms with Gasteiger partial charge in [0, 0.05) is 17.3 Å². The van der Waals surface area contributed by atoms with E-state index >= 15 is 0 Å². The number of nitrogens with one attached hydrogen (secondary N) is 1. The molecule has 23 heavy (non-hydrogen) atoms. The van der Waals surface area contributed by atoms with Gasteiger partial charge in [-0.25, -0.2) is 0 Å². The molecule has 1 N–H and O–H groups in total. The number of anilines is 1. The van der Waals surface area contributed by atoms with Crippen LogP contribution >= 0.6 is 0 Å². The molecule has 2 aromatic rings. The Hall–Kier alpha value is -2.93. The van der Waals surface area contributed by atoms with E-state index in [9.17, 15) is 4.79 Å². The Kier molecular flexibility index (Phi) is 5.65. The van der Waals surface area contributed by atoms with Gasteiger partial charge in [-0.2, -0.15) is 0 Å². The molecule has 0 aliphatic carbocycles. The topological polar surface area (TPSA) is 47.6 Å². The van der Waals surface area contributed by atoms with E-state index in [1.54, 1.807) is 42.5 Å². The SMILES string of the molecule is C#CCOc1cccc(NC(=O)c2ccc(OCC)c(C)c2)c1. The number of ether oxygens (including phenoxy) is 2. The summed E-state index contributed by atoms with van der Waals surface area (Å²) >= 11 is 0. The first kappa shape index (κ1) is 16.4. The highest BCUT2D eigenvalue weighted by atomic mass is 16.5. The maximum absolute atomic E-state index is 12.3. The van der Waals surface area contributed by atoms with Crippen LogP contribution in [0.2, 0.25) is 0 Å². The average molecular weight is 309 g/mol. The van der Waals surface area contributed by atoms with Crippen LogP contribution < -0.4 is 14.8 Å². The third kappa shape index (κ3) is 4.52. The van der Waals surface area contributed by atoms with Crippen molar-refractivity contribution in [2.75, 3.05) is 18.5 Å². The summed E-state index contributed by atoms with van der Waals surface area (Å²) in [7, 11) is 0. The lowest BCUT2D eigenvalue weighted by Gasteiger charge is -2.10. The summed E-state index contributed by atoms with van der Waals surface area (Å²) in [5.74, 6) is 3.61. The van der Waals surface area contributed by atoms with E-state index in [4.69, 9.17) is 15.9 Å². The van der Waals surface area contributed by atoms with Crippen LogP contribution in [-0.2, 0) is 0 Å². The molecule has 0 saturated carbocycles. The number of hydrogen-bond donors (Lipinski definition) is 1. The van der Waals surface area contributed by atoms with Crippen LogP contribution in [-0.4, -0.2) is 19.1 Å². The Balaban J connectivity index is 2.10. The number of aryl methyl sites for hydroxylation is 1. The zero-order valence-corrected chi connectivity index (χ0v) is 13.3. The lowest BCUT2D eigenvalue weighted by molar-refractivity contribution is 0.102. The number of benzene rings is 2. The lowest BCUT2D eigenvalue weighted by atomic mass is 10.1. The van der Waals surface area contributed by atoms with Gasteiger partial charge >= 0.3 is 0 Å². The zero-order valence-electron chi connectivity index (χ0n) is 13.3. The molecule has 0 unspecified atom stereocenters. The highest BCUT2D eigenvalue weighted by Crippen LogP contribution is 2.21. The second kappa shape index (κ2) is 7.90. The van der Waals surface area contributed by atoms with Crippen LogP contribution in [0, 0.1) is 19.3 Å². The van der Waals surface area contributed by atoms with Gasteiger partial charge in [-0.1, -0.05) is 12.0 Å². The van der Waals surface area contributed by atoms with Gasteiger partial charge in [-0.3, -0.25) is 4.79 Å². The van der Waals surface area contributed by atoms with Crippen LogP contribution in [0.15, 0.2) is 42.5 Å². The summed E-state index contributed by atoms with van der Waals surface area (Å²) < 4.78 is 10.8. The minimum absolute atomic E-state index is 0.190. The Bertz CT molecular complexity index is 732. The fourth-order valence-electron chi connectivity index (χ4n) is 2.10.